The van der Waals surface area contributed by atoms with Crippen molar-refractivity contribution < 1.29 is 19.1 Å². The summed E-state index contributed by atoms with van der Waals surface area (Å²) in [4.78, 5) is 32.0. The maximum absolute atomic E-state index is 13.4. The van der Waals surface area contributed by atoms with Crippen LogP contribution in [0.25, 0.3) is 0 Å². The van der Waals surface area contributed by atoms with Gasteiger partial charge in [-0.1, -0.05) is 12.1 Å². The zero-order chi connectivity index (χ0) is 20.8. The van der Waals surface area contributed by atoms with Crippen molar-refractivity contribution in [2.75, 3.05) is 70.6 Å². The van der Waals surface area contributed by atoms with Crippen LogP contribution in [0.15, 0.2) is 24.3 Å². The molecule has 3 saturated heterocycles. The molecule has 2 amide bonds. The minimum absolute atomic E-state index is 0.112. The first-order valence-corrected chi connectivity index (χ1v) is 11.3. The number of ether oxygens (including phenoxy) is 2. The van der Waals surface area contributed by atoms with Gasteiger partial charge in [0.2, 0.25) is 5.91 Å². The average molecular weight is 416 g/mol. The Morgan fingerprint density at radius 3 is 2.37 bits per heavy atom. The molecule has 0 saturated carbocycles. The fraction of sp³-hybridized carbons (Fsp3) is 0.652. The number of para-hydroxylation sites is 1. The van der Waals surface area contributed by atoms with E-state index in [1.54, 1.807) is 0 Å². The van der Waals surface area contributed by atoms with E-state index in [-0.39, 0.29) is 11.8 Å². The number of anilines is 1. The van der Waals surface area contributed by atoms with Gasteiger partial charge in [-0.2, -0.15) is 0 Å². The molecular formula is C23H33N3O4. The van der Waals surface area contributed by atoms with Crippen LogP contribution in [-0.4, -0.2) is 87.3 Å². The standard InChI is InChI=1S/C23H33N3O4/c27-22(25-12-16-30-17-13-25)8-7-19-4-3-9-26(18-19)23(28)20-5-1-2-6-21(20)24-10-14-29-15-11-24/h1-2,5-6,19H,3-4,7-18H2/t19-/m1/s1. The molecule has 164 valence electrons. The van der Waals surface area contributed by atoms with E-state index in [2.05, 4.69) is 4.90 Å². The second-order valence-electron chi connectivity index (χ2n) is 8.41. The van der Waals surface area contributed by atoms with Crippen LogP contribution in [0.1, 0.15) is 36.0 Å². The molecule has 4 rings (SSSR count). The molecular weight excluding hydrogens is 382 g/mol. The van der Waals surface area contributed by atoms with Crippen LogP contribution in [-0.2, 0) is 14.3 Å². The Labute approximate surface area is 178 Å². The van der Waals surface area contributed by atoms with Crippen molar-refractivity contribution in [3.05, 3.63) is 29.8 Å². The Balaban J connectivity index is 1.35. The smallest absolute Gasteiger partial charge is 0.255 e. The molecule has 1 aromatic carbocycles. The van der Waals surface area contributed by atoms with Crippen molar-refractivity contribution in [2.24, 2.45) is 5.92 Å². The number of hydrogen-bond donors (Lipinski definition) is 0. The molecule has 0 spiro atoms. The number of likely N-dealkylation sites (tertiary alicyclic amines) is 1. The van der Waals surface area contributed by atoms with E-state index in [1.165, 1.54) is 0 Å². The monoisotopic (exact) mass is 415 g/mol. The molecule has 0 unspecified atom stereocenters. The summed E-state index contributed by atoms with van der Waals surface area (Å²) in [6, 6.07) is 7.93. The second kappa shape index (κ2) is 10.3. The van der Waals surface area contributed by atoms with E-state index < -0.39 is 0 Å². The predicted octanol–water partition coefficient (Wildman–Crippen LogP) is 2.01. The predicted molar refractivity (Wildman–Crippen MR) is 115 cm³/mol. The normalized spacial score (nSPS) is 22.8. The molecule has 3 aliphatic rings. The molecule has 3 aliphatic heterocycles. The third kappa shape index (κ3) is 5.13. The number of hydrogen-bond acceptors (Lipinski definition) is 5. The van der Waals surface area contributed by atoms with Crippen molar-refractivity contribution in [1.82, 2.24) is 9.80 Å². The van der Waals surface area contributed by atoms with Crippen LogP contribution in [0, 0.1) is 5.92 Å². The molecule has 7 nitrogen and oxygen atoms in total. The lowest BCUT2D eigenvalue weighted by Crippen LogP contribution is -2.43. The van der Waals surface area contributed by atoms with Crippen molar-refractivity contribution >= 4 is 17.5 Å². The fourth-order valence-electron chi connectivity index (χ4n) is 4.69. The van der Waals surface area contributed by atoms with Crippen molar-refractivity contribution in [2.45, 2.75) is 25.7 Å². The van der Waals surface area contributed by atoms with Crippen LogP contribution >= 0.6 is 0 Å². The number of rotatable bonds is 5. The number of morpholine rings is 2. The summed E-state index contributed by atoms with van der Waals surface area (Å²) in [5.74, 6) is 0.726. The van der Waals surface area contributed by atoms with Gasteiger partial charge in [0.15, 0.2) is 0 Å². The number of carbonyl (C=O) groups is 2. The van der Waals surface area contributed by atoms with Gasteiger partial charge in [-0.05, 0) is 37.3 Å². The Kier molecular flexibility index (Phi) is 7.23. The molecule has 7 heteroatoms. The highest BCUT2D eigenvalue weighted by atomic mass is 16.5. The highest BCUT2D eigenvalue weighted by Crippen LogP contribution is 2.27. The summed E-state index contributed by atoms with van der Waals surface area (Å²) >= 11 is 0. The molecule has 0 radical (unpaired) electrons. The van der Waals surface area contributed by atoms with Gasteiger partial charge in [0, 0.05) is 51.4 Å². The fourth-order valence-corrected chi connectivity index (χ4v) is 4.69. The van der Waals surface area contributed by atoms with Gasteiger partial charge < -0.3 is 24.2 Å². The number of piperidine rings is 1. The van der Waals surface area contributed by atoms with E-state index in [1.807, 2.05) is 34.1 Å². The number of nitrogens with zero attached hydrogens (tertiary/aromatic N) is 3. The first-order chi connectivity index (χ1) is 14.7. The number of benzene rings is 1. The first-order valence-electron chi connectivity index (χ1n) is 11.3. The highest BCUT2D eigenvalue weighted by molar-refractivity contribution is 6.00. The van der Waals surface area contributed by atoms with E-state index >= 15 is 0 Å². The Morgan fingerprint density at radius 1 is 0.900 bits per heavy atom. The van der Waals surface area contributed by atoms with Crippen LogP contribution in [0.2, 0.25) is 0 Å². The zero-order valence-corrected chi connectivity index (χ0v) is 17.8. The molecule has 0 N–H and O–H groups in total. The summed E-state index contributed by atoms with van der Waals surface area (Å²) in [5, 5.41) is 0. The molecule has 0 aliphatic carbocycles. The zero-order valence-electron chi connectivity index (χ0n) is 17.8. The SMILES string of the molecule is O=C(CC[C@H]1CCCN(C(=O)c2ccccc2N2CCOCC2)C1)N1CCOCC1. The van der Waals surface area contributed by atoms with Crippen molar-refractivity contribution in [3.8, 4) is 0 Å². The Morgan fingerprint density at radius 2 is 1.60 bits per heavy atom. The van der Waals surface area contributed by atoms with Gasteiger partial charge >= 0.3 is 0 Å². The van der Waals surface area contributed by atoms with Crippen LogP contribution in [0.5, 0.6) is 0 Å². The van der Waals surface area contributed by atoms with Gasteiger partial charge in [0.1, 0.15) is 0 Å². The van der Waals surface area contributed by atoms with Crippen LogP contribution in [0.4, 0.5) is 5.69 Å². The number of carbonyl (C=O) groups excluding carboxylic acids is 2. The van der Waals surface area contributed by atoms with Crippen molar-refractivity contribution in [3.63, 3.8) is 0 Å². The average Bonchev–Trinajstić information content (AvgIpc) is 2.83. The highest BCUT2D eigenvalue weighted by Gasteiger charge is 2.28. The van der Waals surface area contributed by atoms with E-state index in [0.717, 1.165) is 56.7 Å². The van der Waals surface area contributed by atoms with E-state index in [9.17, 15) is 9.59 Å². The molecule has 0 aromatic heterocycles. The van der Waals surface area contributed by atoms with Crippen LogP contribution in [0.3, 0.4) is 0 Å². The Bertz CT molecular complexity index is 729. The topological polar surface area (TPSA) is 62.3 Å². The molecule has 3 heterocycles. The maximum atomic E-state index is 13.4. The summed E-state index contributed by atoms with van der Waals surface area (Å²) in [6.07, 6.45) is 3.51. The first kappa shape index (κ1) is 21.1. The molecule has 0 bridgehead atoms. The minimum atomic E-state index is 0.112. The third-order valence-corrected chi connectivity index (χ3v) is 6.42. The van der Waals surface area contributed by atoms with E-state index in [0.29, 0.717) is 51.9 Å². The molecule has 30 heavy (non-hydrogen) atoms. The molecule has 3 fully saturated rings. The summed E-state index contributed by atoms with van der Waals surface area (Å²) in [6.45, 7) is 7.25. The van der Waals surface area contributed by atoms with Crippen LogP contribution < -0.4 is 4.90 Å². The lowest BCUT2D eigenvalue weighted by Gasteiger charge is -2.35. The largest absolute Gasteiger partial charge is 0.378 e. The maximum Gasteiger partial charge on any atom is 0.255 e. The third-order valence-electron chi connectivity index (χ3n) is 6.42. The van der Waals surface area contributed by atoms with Crippen molar-refractivity contribution in [1.29, 1.82) is 0 Å². The lowest BCUT2D eigenvalue weighted by molar-refractivity contribution is -0.135. The summed E-state index contributed by atoms with van der Waals surface area (Å²) in [7, 11) is 0. The lowest BCUT2D eigenvalue weighted by atomic mass is 9.92. The van der Waals surface area contributed by atoms with Gasteiger partial charge in [0.25, 0.3) is 5.91 Å². The minimum Gasteiger partial charge on any atom is -0.378 e. The van der Waals surface area contributed by atoms with Gasteiger partial charge in [-0.25, -0.2) is 0 Å². The summed E-state index contributed by atoms with van der Waals surface area (Å²) < 4.78 is 10.8. The number of amides is 2. The molecule has 1 atom stereocenters. The van der Waals surface area contributed by atoms with Gasteiger partial charge in [-0.15, -0.1) is 0 Å². The molecule has 1 aromatic rings. The second-order valence-corrected chi connectivity index (χ2v) is 8.41. The van der Waals surface area contributed by atoms with E-state index in [4.69, 9.17) is 9.47 Å². The summed E-state index contributed by atoms with van der Waals surface area (Å²) in [5.41, 5.74) is 1.79. The quantitative estimate of drug-likeness (QED) is 0.736. The van der Waals surface area contributed by atoms with Gasteiger partial charge in [0.05, 0.1) is 32.0 Å². The van der Waals surface area contributed by atoms with Gasteiger partial charge in [-0.3, -0.25) is 9.59 Å². The Hall–Kier alpha value is -2.12.